The Morgan fingerprint density at radius 1 is 1.67 bits per heavy atom. The Bertz CT molecular complexity index is 185. The average Bonchev–Trinajstić information content (AvgIpc) is 2.77. The Morgan fingerprint density at radius 2 is 2.58 bits per heavy atom. The van der Waals surface area contributed by atoms with E-state index >= 15 is 0 Å². The van der Waals surface area contributed by atoms with Gasteiger partial charge in [-0.3, -0.25) is 0 Å². The molecule has 0 amide bonds. The molecule has 0 aromatic carbocycles. The standard InChI is InChI=1S/C9H15NO2/c11-9(7-3-1-5-10-7)8-4-2-6-12-8/h4,7,9-11H,1-3,5-6H2. The molecule has 3 nitrogen and oxygen atoms in total. The molecular formula is C9H15NO2. The van der Waals surface area contributed by atoms with Crippen LogP contribution in [0.5, 0.6) is 0 Å². The van der Waals surface area contributed by atoms with E-state index in [-0.39, 0.29) is 6.04 Å². The molecule has 68 valence electrons. The summed E-state index contributed by atoms with van der Waals surface area (Å²) in [6, 6.07) is 0.217. The van der Waals surface area contributed by atoms with Crippen molar-refractivity contribution < 1.29 is 9.84 Å². The second kappa shape index (κ2) is 3.46. The summed E-state index contributed by atoms with van der Waals surface area (Å²) in [6.07, 6.45) is 4.73. The molecule has 1 saturated heterocycles. The minimum atomic E-state index is -0.421. The topological polar surface area (TPSA) is 41.5 Å². The van der Waals surface area contributed by atoms with Crippen LogP contribution in [-0.2, 0) is 4.74 Å². The Balaban J connectivity index is 1.93. The van der Waals surface area contributed by atoms with E-state index in [0.29, 0.717) is 0 Å². The Labute approximate surface area is 72.4 Å². The van der Waals surface area contributed by atoms with Gasteiger partial charge in [0.15, 0.2) is 0 Å². The lowest BCUT2D eigenvalue weighted by molar-refractivity contribution is 0.0938. The fourth-order valence-corrected chi connectivity index (χ4v) is 1.82. The summed E-state index contributed by atoms with van der Waals surface area (Å²) in [5.74, 6) is 0.773. The highest BCUT2D eigenvalue weighted by Gasteiger charge is 2.27. The molecule has 0 aromatic heterocycles. The number of aliphatic hydroxyl groups is 1. The van der Waals surface area contributed by atoms with E-state index in [9.17, 15) is 5.11 Å². The van der Waals surface area contributed by atoms with Gasteiger partial charge in [0.05, 0.1) is 6.61 Å². The highest BCUT2D eigenvalue weighted by atomic mass is 16.5. The number of ether oxygens (including phenoxy) is 1. The Morgan fingerprint density at radius 3 is 3.17 bits per heavy atom. The van der Waals surface area contributed by atoms with E-state index in [1.165, 1.54) is 0 Å². The van der Waals surface area contributed by atoms with Gasteiger partial charge in [-0.1, -0.05) is 0 Å². The van der Waals surface area contributed by atoms with Crippen LogP contribution in [-0.4, -0.2) is 30.4 Å². The van der Waals surface area contributed by atoms with Crippen molar-refractivity contribution >= 4 is 0 Å². The van der Waals surface area contributed by atoms with Gasteiger partial charge in [0.2, 0.25) is 0 Å². The lowest BCUT2D eigenvalue weighted by atomic mass is 10.1. The quantitative estimate of drug-likeness (QED) is 0.629. The summed E-state index contributed by atoms with van der Waals surface area (Å²) in [5, 5.41) is 13.1. The highest BCUT2D eigenvalue weighted by Crippen LogP contribution is 2.20. The summed E-state index contributed by atoms with van der Waals surface area (Å²) >= 11 is 0. The van der Waals surface area contributed by atoms with Gasteiger partial charge in [-0.15, -0.1) is 0 Å². The van der Waals surface area contributed by atoms with Crippen LogP contribution in [0.4, 0.5) is 0 Å². The lowest BCUT2D eigenvalue weighted by Crippen LogP contribution is -2.36. The van der Waals surface area contributed by atoms with Crippen LogP contribution in [0, 0.1) is 0 Å². The van der Waals surface area contributed by atoms with Crippen molar-refractivity contribution in [1.29, 1.82) is 0 Å². The van der Waals surface area contributed by atoms with Gasteiger partial charge >= 0.3 is 0 Å². The van der Waals surface area contributed by atoms with Crippen LogP contribution in [0.15, 0.2) is 11.8 Å². The second-order valence-corrected chi connectivity index (χ2v) is 3.39. The molecule has 2 rings (SSSR count). The molecule has 0 radical (unpaired) electrons. The number of hydrogen-bond donors (Lipinski definition) is 2. The maximum Gasteiger partial charge on any atom is 0.126 e. The molecule has 0 bridgehead atoms. The molecule has 0 spiro atoms. The molecule has 2 atom stereocenters. The zero-order valence-electron chi connectivity index (χ0n) is 7.12. The number of nitrogens with one attached hydrogen (secondary N) is 1. The van der Waals surface area contributed by atoms with Gasteiger partial charge in [-0.2, -0.15) is 0 Å². The number of aliphatic hydroxyl groups excluding tert-OH is 1. The lowest BCUT2D eigenvalue weighted by Gasteiger charge is -2.18. The molecule has 2 heterocycles. The minimum absolute atomic E-state index is 0.217. The highest BCUT2D eigenvalue weighted by molar-refractivity contribution is 5.08. The molecule has 2 aliphatic heterocycles. The predicted molar refractivity (Wildman–Crippen MR) is 45.7 cm³/mol. The maximum atomic E-state index is 9.79. The van der Waals surface area contributed by atoms with Gasteiger partial charge in [0, 0.05) is 12.5 Å². The molecule has 0 saturated carbocycles. The first kappa shape index (κ1) is 8.08. The fourth-order valence-electron chi connectivity index (χ4n) is 1.82. The summed E-state index contributed by atoms with van der Waals surface area (Å²) in [7, 11) is 0. The van der Waals surface area contributed by atoms with E-state index in [4.69, 9.17) is 4.74 Å². The summed E-state index contributed by atoms with van der Waals surface area (Å²) in [6.45, 7) is 1.76. The van der Waals surface area contributed by atoms with Crippen molar-refractivity contribution in [2.75, 3.05) is 13.2 Å². The number of rotatable bonds is 2. The molecule has 0 aromatic rings. The van der Waals surface area contributed by atoms with Crippen LogP contribution < -0.4 is 5.32 Å². The molecule has 2 unspecified atom stereocenters. The van der Waals surface area contributed by atoms with E-state index in [1.54, 1.807) is 0 Å². The maximum absolute atomic E-state index is 9.79. The zero-order valence-corrected chi connectivity index (χ0v) is 7.12. The minimum Gasteiger partial charge on any atom is -0.495 e. The summed E-state index contributed by atoms with van der Waals surface area (Å²) < 4.78 is 5.30. The molecular weight excluding hydrogens is 154 g/mol. The van der Waals surface area contributed by atoms with Crippen LogP contribution in [0.25, 0.3) is 0 Å². The third-order valence-corrected chi connectivity index (χ3v) is 2.50. The van der Waals surface area contributed by atoms with Gasteiger partial charge < -0.3 is 15.2 Å². The molecule has 3 heteroatoms. The number of hydrogen-bond acceptors (Lipinski definition) is 3. The predicted octanol–water partition coefficient (Wildman–Crippen LogP) is 0.403. The molecule has 12 heavy (non-hydrogen) atoms. The first-order valence-electron chi connectivity index (χ1n) is 4.62. The van der Waals surface area contributed by atoms with Crippen LogP contribution >= 0.6 is 0 Å². The van der Waals surface area contributed by atoms with Crippen molar-refractivity contribution in [2.24, 2.45) is 0 Å². The first-order chi connectivity index (χ1) is 5.88. The van der Waals surface area contributed by atoms with E-state index in [2.05, 4.69) is 5.32 Å². The first-order valence-corrected chi connectivity index (χ1v) is 4.62. The van der Waals surface area contributed by atoms with Crippen molar-refractivity contribution in [3.05, 3.63) is 11.8 Å². The average molecular weight is 169 g/mol. The second-order valence-electron chi connectivity index (χ2n) is 3.39. The van der Waals surface area contributed by atoms with Crippen LogP contribution in [0.1, 0.15) is 19.3 Å². The van der Waals surface area contributed by atoms with Crippen LogP contribution in [0.2, 0.25) is 0 Å². The molecule has 2 aliphatic rings. The van der Waals surface area contributed by atoms with Crippen molar-refractivity contribution in [1.82, 2.24) is 5.32 Å². The molecule has 0 aliphatic carbocycles. The molecule has 2 N–H and O–H groups in total. The van der Waals surface area contributed by atoms with Crippen molar-refractivity contribution in [3.63, 3.8) is 0 Å². The van der Waals surface area contributed by atoms with E-state index < -0.39 is 6.10 Å². The Hall–Kier alpha value is -0.540. The summed E-state index contributed by atoms with van der Waals surface area (Å²) in [4.78, 5) is 0. The van der Waals surface area contributed by atoms with Crippen molar-refractivity contribution in [2.45, 2.75) is 31.4 Å². The Kier molecular flexibility index (Phi) is 2.33. The third-order valence-electron chi connectivity index (χ3n) is 2.50. The molecule has 1 fully saturated rings. The van der Waals surface area contributed by atoms with Gasteiger partial charge in [-0.25, -0.2) is 0 Å². The van der Waals surface area contributed by atoms with Crippen LogP contribution in [0.3, 0.4) is 0 Å². The van der Waals surface area contributed by atoms with Crippen molar-refractivity contribution in [3.8, 4) is 0 Å². The third kappa shape index (κ3) is 1.47. The van der Waals surface area contributed by atoms with E-state index in [0.717, 1.165) is 38.2 Å². The normalized spacial score (nSPS) is 31.4. The summed E-state index contributed by atoms with van der Waals surface area (Å²) in [5.41, 5.74) is 0. The van der Waals surface area contributed by atoms with Gasteiger partial charge in [0.1, 0.15) is 11.9 Å². The van der Waals surface area contributed by atoms with Gasteiger partial charge in [-0.05, 0) is 25.5 Å². The van der Waals surface area contributed by atoms with Gasteiger partial charge in [0.25, 0.3) is 0 Å². The zero-order chi connectivity index (χ0) is 8.39. The smallest absolute Gasteiger partial charge is 0.126 e. The van der Waals surface area contributed by atoms with E-state index in [1.807, 2.05) is 6.08 Å². The fraction of sp³-hybridized carbons (Fsp3) is 0.778. The SMILES string of the molecule is OC(C1=CCCO1)C1CCCN1. The largest absolute Gasteiger partial charge is 0.495 e. The monoisotopic (exact) mass is 169 g/mol.